The van der Waals surface area contributed by atoms with Gasteiger partial charge in [-0.05, 0) is 26.7 Å². The number of urea groups is 1. The molecule has 0 radical (unpaired) electrons. The molecule has 3 amide bonds. The summed E-state index contributed by atoms with van der Waals surface area (Å²) in [6.07, 6.45) is 2.60. The van der Waals surface area contributed by atoms with E-state index < -0.39 is 30.4 Å². The molecule has 1 heterocycles. The number of carbonyl (C=O) groups excluding carboxylic acids is 2. The van der Waals surface area contributed by atoms with Gasteiger partial charge in [0.1, 0.15) is 6.04 Å². The van der Waals surface area contributed by atoms with Crippen LogP contribution in [0, 0.1) is 0 Å². The van der Waals surface area contributed by atoms with Crippen LogP contribution in [-0.2, 0) is 9.59 Å². The summed E-state index contributed by atoms with van der Waals surface area (Å²) in [5, 5.41) is 13.0. The molecule has 1 saturated heterocycles. The lowest BCUT2D eigenvalue weighted by Gasteiger charge is -2.38. The number of hydrogen-bond donors (Lipinski definition) is 4. The molecule has 0 bridgehead atoms. The van der Waals surface area contributed by atoms with Crippen LogP contribution in [0.5, 0.6) is 0 Å². The number of piperidine rings is 1. The summed E-state index contributed by atoms with van der Waals surface area (Å²) in [4.78, 5) is 33.5. The first-order valence-electron chi connectivity index (χ1n) is 6.68. The third-order valence-corrected chi connectivity index (χ3v) is 3.43. The van der Waals surface area contributed by atoms with E-state index in [0.717, 1.165) is 19.3 Å². The van der Waals surface area contributed by atoms with E-state index in [9.17, 15) is 14.4 Å². The Morgan fingerprint density at radius 2 is 1.85 bits per heavy atom. The second kappa shape index (κ2) is 7.09. The number of hydrazine groups is 1. The molecular formula is C12H22N4O4. The van der Waals surface area contributed by atoms with Gasteiger partial charge >= 0.3 is 12.0 Å². The van der Waals surface area contributed by atoms with Crippen molar-refractivity contribution in [1.29, 1.82) is 0 Å². The van der Waals surface area contributed by atoms with Gasteiger partial charge in [0.2, 0.25) is 5.91 Å². The molecule has 1 rings (SSSR count). The van der Waals surface area contributed by atoms with Crippen LogP contribution >= 0.6 is 0 Å². The fraction of sp³-hybridized carbons (Fsp3) is 0.750. The second-order valence-electron chi connectivity index (χ2n) is 5.18. The summed E-state index contributed by atoms with van der Waals surface area (Å²) in [7, 11) is 0. The Morgan fingerprint density at radius 3 is 2.30 bits per heavy atom. The SMILES string of the molecule is CC1CCCC(C)N1NC(=O)N[C@@H](CC(N)=O)C(=O)O. The summed E-state index contributed by atoms with van der Waals surface area (Å²) < 4.78 is 0. The fourth-order valence-corrected chi connectivity index (χ4v) is 2.35. The maximum atomic E-state index is 11.8. The van der Waals surface area contributed by atoms with Gasteiger partial charge in [0.25, 0.3) is 0 Å². The summed E-state index contributed by atoms with van der Waals surface area (Å²) in [5.41, 5.74) is 7.60. The molecule has 8 nitrogen and oxygen atoms in total. The minimum Gasteiger partial charge on any atom is -0.480 e. The summed E-state index contributed by atoms with van der Waals surface area (Å²) in [6, 6.07) is -1.59. The molecule has 0 aromatic rings. The van der Waals surface area contributed by atoms with Crippen LogP contribution in [0.4, 0.5) is 4.79 Å². The van der Waals surface area contributed by atoms with Crippen LogP contribution in [-0.4, -0.2) is 46.1 Å². The molecule has 1 fully saturated rings. The van der Waals surface area contributed by atoms with Gasteiger partial charge in [-0.1, -0.05) is 6.42 Å². The molecule has 0 aromatic carbocycles. The number of carbonyl (C=O) groups is 3. The zero-order valence-corrected chi connectivity index (χ0v) is 11.8. The Labute approximate surface area is 117 Å². The second-order valence-corrected chi connectivity index (χ2v) is 5.18. The van der Waals surface area contributed by atoms with Gasteiger partial charge in [0.05, 0.1) is 6.42 Å². The smallest absolute Gasteiger partial charge is 0.330 e. The van der Waals surface area contributed by atoms with Gasteiger partial charge in [-0.3, -0.25) is 10.2 Å². The average Bonchev–Trinajstić information content (AvgIpc) is 2.32. The summed E-state index contributed by atoms with van der Waals surface area (Å²) in [5.74, 6) is -2.07. The summed E-state index contributed by atoms with van der Waals surface area (Å²) >= 11 is 0. The number of nitrogens with one attached hydrogen (secondary N) is 2. The zero-order valence-electron chi connectivity index (χ0n) is 11.8. The molecule has 1 aliphatic rings. The first-order valence-corrected chi connectivity index (χ1v) is 6.68. The van der Waals surface area contributed by atoms with E-state index in [1.54, 1.807) is 0 Å². The van der Waals surface area contributed by atoms with E-state index in [2.05, 4.69) is 10.7 Å². The van der Waals surface area contributed by atoms with Crippen LogP contribution in [0.3, 0.4) is 0 Å². The molecule has 3 atom stereocenters. The molecule has 2 unspecified atom stereocenters. The number of nitrogens with two attached hydrogens (primary N) is 1. The third kappa shape index (κ3) is 4.69. The Morgan fingerprint density at radius 1 is 1.30 bits per heavy atom. The minimum absolute atomic E-state index is 0.184. The van der Waals surface area contributed by atoms with Crippen LogP contribution in [0.1, 0.15) is 39.5 Å². The lowest BCUT2D eigenvalue weighted by atomic mass is 10.00. The van der Waals surface area contributed by atoms with Gasteiger partial charge in [-0.2, -0.15) is 0 Å². The van der Waals surface area contributed by atoms with Gasteiger partial charge in [-0.25, -0.2) is 14.6 Å². The number of primary amides is 1. The first-order chi connectivity index (χ1) is 9.31. The van der Waals surface area contributed by atoms with E-state index in [4.69, 9.17) is 10.8 Å². The van der Waals surface area contributed by atoms with Gasteiger partial charge in [-0.15, -0.1) is 0 Å². The van der Waals surface area contributed by atoms with Crippen molar-refractivity contribution >= 4 is 17.9 Å². The molecule has 20 heavy (non-hydrogen) atoms. The molecule has 0 aromatic heterocycles. The quantitative estimate of drug-likeness (QED) is 0.556. The van der Waals surface area contributed by atoms with Crippen LogP contribution < -0.4 is 16.5 Å². The maximum absolute atomic E-state index is 11.8. The molecular weight excluding hydrogens is 264 g/mol. The highest BCUT2D eigenvalue weighted by Crippen LogP contribution is 2.19. The van der Waals surface area contributed by atoms with Crippen LogP contribution in [0.25, 0.3) is 0 Å². The van der Waals surface area contributed by atoms with E-state index >= 15 is 0 Å². The van der Waals surface area contributed by atoms with Crippen LogP contribution in [0.2, 0.25) is 0 Å². The van der Waals surface area contributed by atoms with Crippen molar-refractivity contribution < 1.29 is 19.5 Å². The lowest BCUT2D eigenvalue weighted by molar-refractivity contribution is -0.140. The maximum Gasteiger partial charge on any atom is 0.330 e. The van der Waals surface area contributed by atoms with E-state index in [0.29, 0.717) is 0 Å². The van der Waals surface area contributed by atoms with Gasteiger partial charge in [0, 0.05) is 12.1 Å². The number of hydrogen-bond acceptors (Lipinski definition) is 4. The first kappa shape index (κ1) is 16.2. The van der Waals surface area contributed by atoms with Gasteiger partial charge in [0.15, 0.2) is 0 Å². The standard InChI is InChI=1S/C12H22N4O4/c1-7-4-3-5-8(2)16(7)15-12(20)14-9(11(18)19)6-10(13)17/h7-9H,3-6H2,1-2H3,(H2,13,17)(H,18,19)(H2,14,15,20)/t7?,8?,9-/m0/s1. The predicted molar refractivity (Wildman–Crippen MR) is 71.5 cm³/mol. The Kier molecular flexibility index (Phi) is 5.75. The van der Waals surface area contributed by atoms with Crippen molar-refractivity contribution in [1.82, 2.24) is 15.8 Å². The topological polar surface area (TPSA) is 125 Å². The molecule has 0 aliphatic carbocycles. The minimum atomic E-state index is -1.32. The van der Waals surface area contributed by atoms with Crippen molar-refractivity contribution in [2.24, 2.45) is 5.73 Å². The third-order valence-electron chi connectivity index (χ3n) is 3.43. The number of aliphatic carboxylic acids is 1. The molecule has 114 valence electrons. The highest BCUT2D eigenvalue weighted by Gasteiger charge is 2.28. The highest BCUT2D eigenvalue weighted by molar-refractivity contribution is 5.87. The Bertz CT molecular complexity index is 378. The number of rotatable bonds is 5. The monoisotopic (exact) mass is 286 g/mol. The molecule has 8 heteroatoms. The van der Waals surface area contributed by atoms with E-state index in [1.165, 1.54) is 0 Å². The number of carboxylic acids is 1. The Balaban J connectivity index is 2.56. The van der Waals surface area contributed by atoms with E-state index in [1.807, 2.05) is 18.9 Å². The number of amides is 3. The molecule has 0 saturated carbocycles. The van der Waals surface area contributed by atoms with Gasteiger partial charge < -0.3 is 16.2 Å². The predicted octanol–water partition coefficient (Wildman–Crippen LogP) is -0.208. The lowest BCUT2D eigenvalue weighted by Crippen LogP contribution is -2.58. The van der Waals surface area contributed by atoms with Crippen molar-refractivity contribution in [3.8, 4) is 0 Å². The normalized spacial score (nSPS) is 24.7. The van der Waals surface area contributed by atoms with Crippen LogP contribution in [0.15, 0.2) is 0 Å². The van der Waals surface area contributed by atoms with Crippen molar-refractivity contribution in [2.75, 3.05) is 0 Å². The zero-order chi connectivity index (χ0) is 15.3. The molecule has 0 spiro atoms. The summed E-state index contributed by atoms with van der Waals surface area (Å²) in [6.45, 7) is 3.99. The molecule has 5 N–H and O–H groups in total. The van der Waals surface area contributed by atoms with Crippen molar-refractivity contribution in [3.05, 3.63) is 0 Å². The molecule has 1 aliphatic heterocycles. The fourth-order valence-electron chi connectivity index (χ4n) is 2.35. The average molecular weight is 286 g/mol. The van der Waals surface area contributed by atoms with Crippen molar-refractivity contribution in [3.63, 3.8) is 0 Å². The number of carboxylic acid groups (broad SMARTS) is 1. The van der Waals surface area contributed by atoms with E-state index in [-0.39, 0.29) is 12.1 Å². The largest absolute Gasteiger partial charge is 0.480 e. The Hall–Kier alpha value is -1.83. The van der Waals surface area contributed by atoms with Crippen molar-refractivity contribution in [2.45, 2.75) is 57.7 Å². The highest BCUT2D eigenvalue weighted by atomic mass is 16.4. The number of nitrogens with zero attached hydrogens (tertiary/aromatic N) is 1.